The highest BCUT2D eigenvalue weighted by molar-refractivity contribution is 5.58. The van der Waals surface area contributed by atoms with E-state index >= 15 is 0 Å². The molecule has 27 heavy (non-hydrogen) atoms. The van der Waals surface area contributed by atoms with Crippen LogP contribution in [0.1, 0.15) is 31.7 Å². The third kappa shape index (κ3) is 4.06. The molecule has 1 spiro atoms. The Hall–Kier alpha value is -1.79. The van der Waals surface area contributed by atoms with E-state index in [9.17, 15) is 10.2 Å². The van der Waals surface area contributed by atoms with Gasteiger partial charge >= 0.3 is 0 Å². The summed E-state index contributed by atoms with van der Waals surface area (Å²) in [6.07, 6.45) is 3.31. The number of nitrogens with zero attached hydrogens (tertiary/aromatic N) is 2. The van der Waals surface area contributed by atoms with E-state index in [0.717, 1.165) is 43.7 Å². The van der Waals surface area contributed by atoms with Gasteiger partial charge in [-0.05, 0) is 37.5 Å². The van der Waals surface area contributed by atoms with Crippen molar-refractivity contribution in [3.8, 4) is 11.3 Å². The van der Waals surface area contributed by atoms with Crippen molar-refractivity contribution in [3.63, 3.8) is 0 Å². The zero-order chi connectivity index (χ0) is 18.9. The van der Waals surface area contributed by atoms with E-state index < -0.39 is 11.7 Å². The second kappa shape index (κ2) is 7.32. The van der Waals surface area contributed by atoms with Crippen LogP contribution in [0.15, 0.2) is 48.7 Å². The number of benzene rings is 1. The highest BCUT2D eigenvalue weighted by Gasteiger charge is 2.48. The van der Waals surface area contributed by atoms with Crippen LogP contribution in [-0.4, -0.2) is 57.1 Å². The largest absolute Gasteiger partial charge is 0.388 e. The number of hydrogen-bond donors (Lipinski definition) is 2. The van der Waals surface area contributed by atoms with Crippen LogP contribution in [0.5, 0.6) is 0 Å². The molecule has 5 heteroatoms. The molecule has 0 amide bonds. The third-order valence-electron chi connectivity index (χ3n) is 6.03. The van der Waals surface area contributed by atoms with Crippen LogP contribution >= 0.6 is 0 Å². The van der Waals surface area contributed by atoms with E-state index in [1.807, 2.05) is 24.4 Å². The van der Waals surface area contributed by atoms with Gasteiger partial charge in [-0.25, -0.2) is 0 Å². The van der Waals surface area contributed by atoms with Gasteiger partial charge in [0.1, 0.15) is 6.10 Å². The Morgan fingerprint density at radius 2 is 1.89 bits per heavy atom. The van der Waals surface area contributed by atoms with E-state index in [1.54, 1.807) is 6.92 Å². The minimum absolute atomic E-state index is 0.224. The van der Waals surface area contributed by atoms with Gasteiger partial charge in [0.2, 0.25) is 0 Å². The number of likely N-dealkylation sites (tertiary alicyclic amines) is 1. The Bertz CT molecular complexity index is 753. The lowest BCUT2D eigenvalue weighted by Gasteiger charge is -2.50. The average Bonchev–Trinajstić information content (AvgIpc) is 2.68. The Morgan fingerprint density at radius 3 is 2.52 bits per heavy atom. The Labute approximate surface area is 160 Å². The summed E-state index contributed by atoms with van der Waals surface area (Å²) in [5, 5.41) is 20.3. The van der Waals surface area contributed by atoms with Crippen molar-refractivity contribution in [2.45, 2.75) is 50.0 Å². The first-order valence-electron chi connectivity index (χ1n) is 9.73. The molecule has 2 saturated heterocycles. The molecule has 2 aromatic rings. The Balaban J connectivity index is 1.34. The zero-order valence-electron chi connectivity index (χ0n) is 15.8. The van der Waals surface area contributed by atoms with Crippen molar-refractivity contribution in [3.05, 3.63) is 54.2 Å². The predicted molar refractivity (Wildman–Crippen MR) is 104 cm³/mol. The normalized spacial score (nSPS) is 28.3. The maximum absolute atomic E-state index is 10.4. The van der Waals surface area contributed by atoms with Gasteiger partial charge in [0.15, 0.2) is 0 Å². The maximum Gasteiger partial charge on any atom is 0.106 e. The van der Waals surface area contributed by atoms with E-state index in [0.29, 0.717) is 6.42 Å². The highest BCUT2D eigenvalue weighted by atomic mass is 16.5. The number of aliphatic hydroxyl groups is 2. The SMILES string of the molecule is C[C@]1(O)CC2(CCN(Cc3ccc(-c4ccccn4)cc3)CC2)OC[C@@H]1O. The fourth-order valence-corrected chi connectivity index (χ4v) is 4.27. The molecule has 1 aromatic carbocycles. The van der Waals surface area contributed by atoms with Crippen LogP contribution in [-0.2, 0) is 11.3 Å². The monoisotopic (exact) mass is 368 g/mol. The van der Waals surface area contributed by atoms with Crippen LogP contribution in [0.3, 0.4) is 0 Å². The first-order chi connectivity index (χ1) is 13.0. The van der Waals surface area contributed by atoms with Crippen molar-refractivity contribution in [2.24, 2.45) is 0 Å². The average molecular weight is 368 g/mol. The summed E-state index contributed by atoms with van der Waals surface area (Å²) in [7, 11) is 0. The molecule has 2 aliphatic heterocycles. The summed E-state index contributed by atoms with van der Waals surface area (Å²) in [5.41, 5.74) is 2.07. The summed E-state index contributed by atoms with van der Waals surface area (Å²) in [5.74, 6) is 0. The van der Waals surface area contributed by atoms with Gasteiger partial charge in [-0.1, -0.05) is 30.3 Å². The van der Waals surface area contributed by atoms with Gasteiger partial charge < -0.3 is 14.9 Å². The molecule has 0 radical (unpaired) electrons. The molecular weight excluding hydrogens is 340 g/mol. The van der Waals surface area contributed by atoms with Gasteiger partial charge in [0.05, 0.1) is 23.5 Å². The summed E-state index contributed by atoms with van der Waals surface area (Å²) in [6, 6.07) is 14.6. The summed E-state index contributed by atoms with van der Waals surface area (Å²) in [6.45, 7) is 4.74. The first-order valence-corrected chi connectivity index (χ1v) is 9.73. The van der Waals surface area contributed by atoms with Crippen molar-refractivity contribution >= 4 is 0 Å². The Kier molecular flexibility index (Phi) is 5.03. The van der Waals surface area contributed by atoms with Crippen LogP contribution in [0, 0.1) is 0 Å². The standard InChI is InChI=1S/C22H28N2O3/c1-21(26)16-22(27-15-20(21)25)9-12-24(13-10-22)14-17-5-7-18(8-6-17)19-4-2-3-11-23-19/h2-8,11,20,25-26H,9-10,12-16H2,1H3/t20-,21-/m0/s1. The number of ether oxygens (including phenoxy) is 1. The van der Waals surface area contributed by atoms with Crippen LogP contribution in [0.25, 0.3) is 11.3 Å². The number of pyridine rings is 1. The molecule has 3 heterocycles. The first kappa shape index (κ1) is 18.6. The van der Waals surface area contributed by atoms with E-state index in [4.69, 9.17) is 4.74 Å². The molecular formula is C22H28N2O3. The molecule has 0 saturated carbocycles. The van der Waals surface area contributed by atoms with Crippen molar-refractivity contribution in [2.75, 3.05) is 19.7 Å². The number of rotatable bonds is 3. The number of aromatic nitrogens is 1. The summed E-state index contributed by atoms with van der Waals surface area (Å²) < 4.78 is 5.97. The molecule has 2 N–H and O–H groups in total. The molecule has 4 rings (SSSR count). The van der Waals surface area contributed by atoms with Crippen LogP contribution < -0.4 is 0 Å². The molecule has 144 valence electrons. The quantitative estimate of drug-likeness (QED) is 0.872. The predicted octanol–water partition coefficient (Wildman–Crippen LogP) is 2.62. The summed E-state index contributed by atoms with van der Waals surface area (Å²) >= 11 is 0. The van der Waals surface area contributed by atoms with Gasteiger partial charge in [-0.3, -0.25) is 9.88 Å². The Morgan fingerprint density at radius 1 is 1.15 bits per heavy atom. The van der Waals surface area contributed by atoms with E-state index in [-0.39, 0.29) is 12.2 Å². The van der Waals surface area contributed by atoms with Crippen molar-refractivity contribution in [1.82, 2.24) is 9.88 Å². The third-order valence-corrected chi connectivity index (χ3v) is 6.03. The fraction of sp³-hybridized carbons (Fsp3) is 0.500. The minimum atomic E-state index is -1.05. The second-order valence-corrected chi connectivity index (χ2v) is 8.23. The molecule has 0 aliphatic carbocycles. The van der Waals surface area contributed by atoms with Crippen molar-refractivity contribution < 1.29 is 14.9 Å². The number of aliphatic hydroxyl groups excluding tert-OH is 1. The molecule has 1 aromatic heterocycles. The lowest BCUT2D eigenvalue weighted by Crippen LogP contribution is -2.59. The maximum atomic E-state index is 10.4. The second-order valence-electron chi connectivity index (χ2n) is 8.23. The summed E-state index contributed by atoms with van der Waals surface area (Å²) in [4.78, 5) is 6.83. The minimum Gasteiger partial charge on any atom is -0.388 e. The van der Waals surface area contributed by atoms with Crippen LogP contribution in [0.2, 0.25) is 0 Å². The van der Waals surface area contributed by atoms with Crippen LogP contribution in [0.4, 0.5) is 0 Å². The molecule has 5 nitrogen and oxygen atoms in total. The lowest BCUT2D eigenvalue weighted by atomic mass is 9.76. The topological polar surface area (TPSA) is 65.8 Å². The van der Waals surface area contributed by atoms with Gasteiger partial charge in [0.25, 0.3) is 0 Å². The molecule has 2 aliphatic rings. The zero-order valence-corrected chi connectivity index (χ0v) is 15.8. The van der Waals surface area contributed by atoms with E-state index in [2.05, 4.69) is 34.1 Å². The van der Waals surface area contributed by atoms with Crippen molar-refractivity contribution in [1.29, 1.82) is 0 Å². The number of hydrogen-bond acceptors (Lipinski definition) is 5. The smallest absolute Gasteiger partial charge is 0.106 e. The van der Waals surface area contributed by atoms with Gasteiger partial charge in [0, 0.05) is 37.8 Å². The molecule has 2 fully saturated rings. The lowest BCUT2D eigenvalue weighted by molar-refractivity contribution is -0.223. The molecule has 2 atom stereocenters. The highest BCUT2D eigenvalue weighted by Crippen LogP contribution is 2.39. The molecule has 0 bridgehead atoms. The van der Waals surface area contributed by atoms with E-state index in [1.165, 1.54) is 5.56 Å². The molecule has 0 unspecified atom stereocenters. The fourth-order valence-electron chi connectivity index (χ4n) is 4.27. The van der Waals surface area contributed by atoms with Gasteiger partial charge in [-0.15, -0.1) is 0 Å². The number of piperidine rings is 1. The van der Waals surface area contributed by atoms with Gasteiger partial charge in [-0.2, -0.15) is 0 Å².